The number of hydrogen-bond acceptors (Lipinski definition) is 3. The highest BCUT2D eigenvalue weighted by Gasteiger charge is 2.16. The summed E-state index contributed by atoms with van der Waals surface area (Å²) in [6.07, 6.45) is 4.20. The number of aryl methyl sites for hydroxylation is 1. The fraction of sp³-hybridized carbons (Fsp3) is 0.727. The van der Waals surface area contributed by atoms with Gasteiger partial charge in [-0.25, -0.2) is 0 Å². The Morgan fingerprint density at radius 3 is 2.73 bits per heavy atom. The summed E-state index contributed by atoms with van der Waals surface area (Å²) in [6, 6.07) is 0. The van der Waals surface area contributed by atoms with E-state index in [0.29, 0.717) is 11.7 Å². The van der Waals surface area contributed by atoms with Crippen LogP contribution >= 0.6 is 0 Å². The molecule has 1 rings (SSSR count). The second-order valence-corrected chi connectivity index (χ2v) is 4.25. The number of aliphatic hydroxyl groups is 1. The average Bonchev–Trinajstić information content (AvgIpc) is 2.48. The third-order valence-electron chi connectivity index (χ3n) is 2.78. The first-order chi connectivity index (χ1) is 7.06. The van der Waals surface area contributed by atoms with Crippen molar-refractivity contribution in [1.29, 1.82) is 0 Å². The summed E-state index contributed by atoms with van der Waals surface area (Å²) in [4.78, 5) is 0. The van der Waals surface area contributed by atoms with Crippen molar-refractivity contribution in [2.24, 2.45) is 13.0 Å². The molecule has 0 radical (unpaired) electrons. The highest BCUT2D eigenvalue weighted by molar-refractivity contribution is 5.39. The first-order valence-electron chi connectivity index (χ1n) is 5.51. The van der Waals surface area contributed by atoms with E-state index < -0.39 is 6.10 Å². The Balaban J connectivity index is 2.60. The highest BCUT2D eigenvalue weighted by atomic mass is 16.3. The van der Waals surface area contributed by atoms with E-state index in [1.54, 1.807) is 17.9 Å². The minimum absolute atomic E-state index is 0.486. The maximum atomic E-state index is 9.98. The van der Waals surface area contributed by atoms with E-state index in [1.165, 1.54) is 0 Å². The molecule has 4 nitrogen and oxygen atoms in total. The lowest BCUT2D eigenvalue weighted by Crippen LogP contribution is -2.07. The maximum absolute atomic E-state index is 9.98. The second kappa shape index (κ2) is 5.16. The van der Waals surface area contributed by atoms with Gasteiger partial charge >= 0.3 is 0 Å². The molecule has 0 saturated carbocycles. The van der Waals surface area contributed by atoms with E-state index >= 15 is 0 Å². The van der Waals surface area contributed by atoms with Gasteiger partial charge in [-0.1, -0.05) is 26.7 Å². The predicted octanol–water partition coefficient (Wildman–Crippen LogP) is 1.86. The minimum atomic E-state index is -0.486. The molecule has 1 heterocycles. The van der Waals surface area contributed by atoms with Crippen LogP contribution in [0.5, 0.6) is 0 Å². The molecule has 0 aromatic carbocycles. The molecule has 4 heteroatoms. The van der Waals surface area contributed by atoms with Crippen LogP contribution in [0.3, 0.4) is 0 Å². The van der Waals surface area contributed by atoms with Gasteiger partial charge in [0.15, 0.2) is 0 Å². The smallest absolute Gasteiger partial charge is 0.127 e. The Hall–Kier alpha value is -1.03. The van der Waals surface area contributed by atoms with Crippen LogP contribution in [0.1, 0.15) is 44.8 Å². The van der Waals surface area contributed by atoms with Gasteiger partial charge in [-0.3, -0.25) is 4.68 Å². The summed E-state index contributed by atoms with van der Waals surface area (Å²) in [5.74, 6) is 1.08. The summed E-state index contributed by atoms with van der Waals surface area (Å²) in [5, 5.41) is 14.0. The topological polar surface area (TPSA) is 64.1 Å². The zero-order chi connectivity index (χ0) is 11.4. The predicted molar refractivity (Wildman–Crippen MR) is 61.3 cm³/mol. The van der Waals surface area contributed by atoms with Crippen LogP contribution in [0.4, 0.5) is 5.82 Å². The number of nitrogen functional groups attached to an aromatic ring is 1. The molecule has 3 N–H and O–H groups in total. The van der Waals surface area contributed by atoms with Crippen molar-refractivity contribution in [3.8, 4) is 0 Å². The largest absolute Gasteiger partial charge is 0.388 e. The Morgan fingerprint density at radius 2 is 2.27 bits per heavy atom. The summed E-state index contributed by atoms with van der Waals surface area (Å²) in [5.41, 5.74) is 6.54. The number of hydrogen-bond donors (Lipinski definition) is 2. The molecule has 2 atom stereocenters. The molecule has 0 aliphatic carbocycles. The quantitative estimate of drug-likeness (QED) is 0.781. The number of anilines is 1. The molecule has 0 spiro atoms. The van der Waals surface area contributed by atoms with Gasteiger partial charge in [-0.05, 0) is 12.3 Å². The van der Waals surface area contributed by atoms with Crippen LogP contribution in [0, 0.1) is 5.92 Å². The average molecular weight is 211 g/mol. The highest BCUT2D eigenvalue weighted by Crippen LogP contribution is 2.26. The van der Waals surface area contributed by atoms with Gasteiger partial charge in [0.05, 0.1) is 12.3 Å². The molecule has 0 aliphatic rings. The van der Waals surface area contributed by atoms with E-state index in [1.807, 2.05) is 0 Å². The zero-order valence-corrected chi connectivity index (χ0v) is 9.77. The lowest BCUT2D eigenvalue weighted by Gasteiger charge is -2.15. The molecule has 15 heavy (non-hydrogen) atoms. The fourth-order valence-electron chi connectivity index (χ4n) is 1.84. The molecule has 0 saturated heterocycles. The Kier molecular flexibility index (Phi) is 4.15. The van der Waals surface area contributed by atoms with Crippen LogP contribution < -0.4 is 5.73 Å². The Labute approximate surface area is 91.1 Å². The van der Waals surface area contributed by atoms with Gasteiger partial charge in [-0.15, -0.1) is 0 Å². The molecule has 0 amide bonds. The number of nitrogens with two attached hydrogens (primary N) is 1. The van der Waals surface area contributed by atoms with E-state index in [4.69, 9.17) is 5.73 Å². The number of aromatic nitrogens is 2. The third-order valence-corrected chi connectivity index (χ3v) is 2.78. The fourth-order valence-corrected chi connectivity index (χ4v) is 1.84. The first kappa shape index (κ1) is 12.0. The van der Waals surface area contributed by atoms with E-state index in [2.05, 4.69) is 18.9 Å². The van der Waals surface area contributed by atoms with Gasteiger partial charge in [0, 0.05) is 12.6 Å². The monoisotopic (exact) mass is 211 g/mol. The summed E-state index contributed by atoms with van der Waals surface area (Å²) in [7, 11) is 1.78. The van der Waals surface area contributed by atoms with E-state index in [0.717, 1.165) is 24.8 Å². The number of nitrogens with zero attached hydrogens (tertiary/aromatic N) is 2. The van der Waals surface area contributed by atoms with Gasteiger partial charge in [0.2, 0.25) is 0 Å². The van der Waals surface area contributed by atoms with Crippen molar-refractivity contribution in [2.75, 3.05) is 5.73 Å². The van der Waals surface area contributed by atoms with Crippen molar-refractivity contribution in [1.82, 2.24) is 9.78 Å². The van der Waals surface area contributed by atoms with Gasteiger partial charge < -0.3 is 10.8 Å². The van der Waals surface area contributed by atoms with Crippen molar-refractivity contribution in [3.05, 3.63) is 11.8 Å². The first-order valence-corrected chi connectivity index (χ1v) is 5.51. The number of rotatable bonds is 5. The van der Waals surface area contributed by atoms with Crippen molar-refractivity contribution >= 4 is 5.82 Å². The third kappa shape index (κ3) is 2.96. The maximum Gasteiger partial charge on any atom is 0.127 e. The molecule has 86 valence electrons. The summed E-state index contributed by atoms with van der Waals surface area (Å²) < 4.78 is 1.59. The van der Waals surface area contributed by atoms with Gasteiger partial charge in [-0.2, -0.15) is 5.10 Å². The van der Waals surface area contributed by atoms with E-state index in [-0.39, 0.29) is 0 Å². The second-order valence-electron chi connectivity index (χ2n) is 4.25. The van der Waals surface area contributed by atoms with Crippen LogP contribution in [0.15, 0.2) is 6.20 Å². The lowest BCUT2D eigenvalue weighted by atomic mass is 9.96. The molecule has 1 aromatic heterocycles. The molecule has 1 aromatic rings. The lowest BCUT2D eigenvalue weighted by molar-refractivity contribution is 0.146. The molecular weight excluding hydrogens is 190 g/mol. The molecule has 0 fully saturated rings. The standard InChI is InChI=1S/C11H21N3O/c1-4-5-8(2)6-10(15)9-7-13-14(3)11(9)12/h7-8,10,15H,4-6,12H2,1-3H3. The molecule has 0 bridgehead atoms. The number of aliphatic hydroxyl groups excluding tert-OH is 1. The minimum Gasteiger partial charge on any atom is -0.388 e. The van der Waals surface area contributed by atoms with Crippen LogP contribution in [0.25, 0.3) is 0 Å². The van der Waals surface area contributed by atoms with Crippen molar-refractivity contribution in [2.45, 2.75) is 39.2 Å². The Morgan fingerprint density at radius 1 is 1.60 bits per heavy atom. The SMILES string of the molecule is CCCC(C)CC(O)c1cnn(C)c1N. The van der Waals surface area contributed by atoms with Crippen molar-refractivity contribution in [3.63, 3.8) is 0 Å². The van der Waals surface area contributed by atoms with E-state index in [9.17, 15) is 5.11 Å². The summed E-state index contributed by atoms with van der Waals surface area (Å²) in [6.45, 7) is 4.31. The molecule has 2 unspecified atom stereocenters. The molecule has 0 aliphatic heterocycles. The van der Waals surface area contributed by atoms with Crippen LogP contribution in [-0.4, -0.2) is 14.9 Å². The van der Waals surface area contributed by atoms with Gasteiger partial charge in [0.1, 0.15) is 5.82 Å². The van der Waals surface area contributed by atoms with Crippen LogP contribution in [-0.2, 0) is 7.05 Å². The Bertz CT molecular complexity index is 309. The van der Waals surface area contributed by atoms with Gasteiger partial charge in [0.25, 0.3) is 0 Å². The van der Waals surface area contributed by atoms with Crippen LogP contribution in [0.2, 0.25) is 0 Å². The summed E-state index contributed by atoms with van der Waals surface area (Å²) >= 11 is 0. The van der Waals surface area contributed by atoms with Crippen molar-refractivity contribution < 1.29 is 5.11 Å². The molecular formula is C11H21N3O. The zero-order valence-electron chi connectivity index (χ0n) is 9.77. The normalized spacial score (nSPS) is 15.2.